The lowest BCUT2D eigenvalue weighted by Crippen LogP contribution is -2.29. The highest BCUT2D eigenvalue weighted by Gasteiger charge is 2.32. The molecule has 0 spiro atoms. The molecule has 0 amide bonds. The van der Waals surface area contributed by atoms with Gasteiger partial charge in [0.2, 0.25) is 0 Å². The van der Waals surface area contributed by atoms with Gasteiger partial charge in [-0.2, -0.15) is 5.10 Å². The van der Waals surface area contributed by atoms with Crippen LogP contribution < -0.4 is 14.8 Å². The first kappa shape index (κ1) is 20.3. The third-order valence-corrected chi connectivity index (χ3v) is 5.02. The predicted octanol–water partition coefficient (Wildman–Crippen LogP) is 4.95. The molecule has 0 bridgehead atoms. The molecule has 158 valence electrons. The van der Waals surface area contributed by atoms with E-state index < -0.39 is 6.36 Å². The highest BCUT2D eigenvalue weighted by Crippen LogP contribution is 2.37. The van der Waals surface area contributed by atoms with Gasteiger partial charge in [-0.1, -0.05) is 30.3 Å². The summed E-state index contributed by atoms with van der Waals surface area (Å²) >= 11 is 0. The van der Waals surface area contributed by atoms with Crippen molar-refractivity contribution in [2.24, 2.45) is 0 Å². The van der Waals surface area contributed by atoms with Gasteiger partial charge in [-0.05, 0) is 43.6 Å². The van der Waals surface area contributed by atoms with Gasteiger partial charge in [0.15, 0.2) is 0 Å². The fourth-order valence-corrected chi connectivity index (χ4v) is 3.53. The summed E-state index contributed by atoms with van der Waals surface area (Å²) in [6.45, 7) is 2.05. The van der Waals surface area contributed by atoms with E-state index in [1.807, 2.05) is 35.0 Å². The average Bonchev–Trinajstić information content (AvgIpc) is 3.23. The summed E-state index contributed by atoms with van der Waals surface area (Å²) in [7, 11) is 0. The number of hydrogen-bond acceptors (Lipinski definition) is 4. The smallest absolute Gasteiger partial charge is 0.489 e. The molecule has 4 rings (SSSR count). The minimum atomic E-state index is -4.81. The van der Waals surface area contributed by atoms with Crippen LogP contribution in [0.3, 0.4) is 0 Å². The minimum absolute atomic E-state index is 0.237. The summed E-state index contributed by atoms with van der Waals surface area (Å²) in [6.07, 6.45) is 0.403. The third kappa shape index (κ3) is 5.13. The van der Waals surface area contributed by atoms with Gasteiger partial charge in [0.05, 0.1) is 12.2 Å². The van der Waals surface area contributed by atoms with E-state index in [-0.39, 0.29) is 18.4 Å². The fraction of sp³-hybridized carbons (Fsp3) is 0.318. The molecule has 0 atom stereocenters. The minimum Gasteiger partial charge on any atom is -0.489 e. The molecule has 2 aromatic carbocycles. The summed E-state index contributed by atoms with van der Waals surface area (Å²) in [6, 6.07) is 14.1. The second-order valence-corrected chi connectivity index (χ2v) is 7.17. The molecule has 0 saturated carbocycles. The van der Waals surface area contributed by atoms with E-state index >= 15 is 0 Å². The van der Waals surface area contributed by atoms with Crippen LogP contribution in [0.2, 0.25) is 0 Å². The van der Waals surface area contributed by atoms with E-state index in [9.17, 15) is 13.2 Å². The highest BCUT2D eigenvalue weighted by molar-refractivity contribution is 5.70. The molecular formula is C22H22F3N3O2. The molecule has 0 aliphatic carbocycles. The van der Waals surface area contributed by atoms with Crippen molar-refractivity contribution in [3.05, 3.63) is 66.5 Å². The first-order chi connectivity index (χ1) is 14.5. The molecule has 5 nitrogen and oxygen atoms in total. The maximum Gasteiger partial charge on any atom is 0.573 e. The van der Waals surface area contributed by atoms with Crippen LogP contribution in [-0.2, 0) is 6.61 Å². The molecule has 1 aliphatic heterocycles. The Morgan fingerprint density at radius 2 is 1.83 bits per heavy atom. The number of alkyl halides is 3. The number of nitrogens with one attached hydrogen (secondary N) is 1. The summed E-state index contributed by atoms with van der Waals surface area (Å²) in [4.78, 5) is 0. The van der Waals surface area contributed by atoms with Crippen LogP contribution in [0.5, 0.6) is 11.5 Å². The number of rotatable bonds is 6. The zero-order valence-corrected chi connectivity index (χ0v) is 16.2. The Morgan fingerprint density at radius 3 is 2.57 bits per heavy atom. The maximum absolute atomic E-state index is 13.0. The lowest BCUT2D eigenvalue weighted by molar-refractivity contribution is -0.274. The Labute approximate surface area is 172 Å². The molecule has 1 aromatic heterocycles. The van der Waals surface area contributed by atoms with Crippen LogP contribution in [0.4, 0.5) is 13.2 Å². The van der Waals surface area contributed by atoms with E-state index in [1.165, 1.54) is 6.07 Å². The van der Waals surface area contributed by atoms with Crippen molar-refractivity contribution >= 4 is 0 Å². The third-order valence-electron chi connectivity index (χ3n) is 5.02. The molecule has 0 radical (unpaired) electrons. The van der Waals surface area contributed by atoms with Crippen molar-refractivity contribution in [3.8, 4) is 22.6 Å². The van der Waals surface area contributed by atoms with E-state index in [0.717, 1.165) is 31.5 Å². The molecule has 1 N–H and O–H groups in total. The summed E-state index contributed by atoms with van der Waals surface area (Å²) < 4.78 is 50.9. The van der Waals surface area contributed by atoms with Crippen molar-refractivity contribution in [2.45, 2.75) is 31.9 Å². The maximum atomic E-state index is 13.0. The van der Waals surface area contributed by atoms with Crippen molar-refractivity contribution in [2.75, 3.05) is 13.1 Å². The van der Waals surface area contributed by atoms with E-state index in [0.29, 0.717) is 16.9 Å². The number of aromatic nitrogens is 2. The van der Waals surface area contributed by atoms with Gasteiger partial charge in [0.25, 0.3) is 0 Å². The van der Waals surface area contributed by atoms with Crippen molar-refractivity contribution in [1.29, 1.82) is 0 Å². The van der Waals surface area contributed by atoms with Crippen LogP contribution in [0.25, 0.3) is 11.1 Å². The number of hydrogen-bond donors (Lipinski definition) is 1. The van der Waals surface area contributed by atoms with E-state index in [2.05, 4.69) is 15.2 Å². The Balaban J connectivity index is 1.58. The van der Waals surface area contributed by atoms with Crippen LogP contribution >= 0.6 is 0 Å². The fourth-order valence-electron chi connectivity index (χ4n) is 3.53. The van der Waals surface area contributed by atoms with Gasteiger partial charge in [-0.3, -0.25) is 4.68 Å². The molecule has 1 saturated heterocycles. The second-order valence-electron chi connectivity index (χ2n) is 7.17. The Kier molecular flexibility index (Phi) is 5.94. The van der Waals surface area contributed by atoms with Gasteiger partial charge >= 0.3 is 6.36 Å². The molecule has 0 unspecified atom stereocenters. The second kappa shape index (κ2) is 8.79. The SMILES string of the molecule is FC(F)(F)Oc1cc(OCc2ccccc2)ccc1-c1cnn(C2CCNCC2)c1. The van der Waals surface area contributed by atoms with Crippen LogP contribution in [-0.4, -0.2) is 29.2 Å². The summed E-state index contributed by atoms with van der Waals surface area (Å²) in [5.41, 5.74) is 1.81. The zero-order chi connectivity index (χ0) is 21.0. The number of nitrogens with zero attached hydrogens (tertiary/aromatic N) is 2. The van der Waals surface area contributed by atoms with Gasteiger partial charge in [-0.15, -0.1) is 13.2 Å². The lowest BCUT2D eigenvalue weighted by Gasteiger charge is -2.22. The molecule has 3 aromatic rings. The van der Waals surface area contributed by atoms with E-state index in [1.54, 1.807) is 24.5 Å². The number of halogens is 3. The number of ether oxygens (including phenoxy) is 2. The van der Waals surface area contributed by atoms with Crippen molar-refractivity contribution in [3.63, 3.8) is 0 Å². The molecule has 8 heteroatoms. The van der Waals surface area contributed by atoms with Gasteiger partial charge in [0, 0.05) is 23.4 Å². The summed E-state index contributed by atoms with van der Waals surface area (Å²) in [5.74, 6) is -0.00878. The molecule has 1 aliphatic rings. The van der Waals surface area contributed by atoms with Crippen LogP contribution in [0, 0.1) is 0 Å². The first-order valence-electron chi connectivity index (χ1n) is 9.80. The molecule has 2 heterocycles. The average molecular weight is 417 g/mol. The topological polar surface area (TPSA) is 48.3 Å². The Bertz CT molecular complexity index is 967. The van der Waals surface area contributed by atoms with Gasteiger partial charge < -0.3 is 14.8 Å². The van der Waals surface area contributed by atoms with E-state index in [4.69, 9.17) is 4.74 Å². The van der Waals surface area contributed by atoms with Gasteiger partial charge in [0.1, 0.15) is 18.1 Å². The van der Waals surface area contributed by atoms with Crippen molar-refractivity contribution < 1.29 is 22.6 Å². The van der Waals surface area contributed by atoms with Crippen LogP contribution in [0.15, 0.2) is 60.9 Å². The lowest BCUT2D eigenvalue weighted by atomic mass is 10.1. The molecule has 1 fully saturated rings. The predicted molar refractivity (Wildman–Crippen MR) is 106 cm³/mol. The van der Waals surface area contributed by atoms with Crippen LogP contribution in [0.1, 0.15) is 24.4 Å². The Morgan fingerprint density at radius 1 is 1.07 bits per heavy atom. The largest absolute Gasteiger partial charge is 0.573 e. The number of piperidine rings is 1. The van der Waals surface area contributed by atoms with Gasteiger partial charge in [-0.25, -0.2) is 0 Å². The standard InChI is InChI=1S/C22H22F3N3O2/c23-22(24,25)30-21-12-19(29-15-16-4-2-1-3-5-16)6-7-20(21)17-13-27-28(14-17)18-8-10-26-11-9-18/h1-7,12-14,18,26H,8-11,15H2. The molecule has 30 heavy (non-hydrogen) atoms. The van der Waals surface area contributed by atoms with Crippen molar-refractivity contribution in [1.82, 2.24) is 15.1 Å². The Hall–Kier alpha value is -3.00. The number of benzene rings is 2. The highest BCUT2D eigenvalue weighted by atomic mass is 19.4. The monoisotopic (exact) mass is 417 g/mol. The first-order valence-corrected chi connectivity index (χ1v) is 9.80. The normalized spacial score (nSPS) is 15.2. The molecular weight excluding hydrogens is 395 g/mol. The quantitative estimate of drug-likeness (QED) is 0.616. The summed E-state index contributed by atoms with van der Waals surface area (Å²) in [5, 5.41) is 7.66. The zero-order valence-electron chi connectivity index (χ0n) is 16.2.